The van der Waals surface area contributed by atoms with Crippen LogP contribution >= 0.6 is 0 Å². The van der Waals surface area contributed by atoms with Crippen molar-refractivity contribution in [1.29, 1.82) is 0 Å². The van der Waals surface area contributed by atoms with Crippen LogP contribution in [0.3, 0.4) is 0 Å². The highest BCUT2D eigenvalue weighted by atomic mass is 16.5. The van der Waals surface area contributed by atoms with E-state index in [1.807, 2.05) is 6.20 Å². The number of nitrogens with one attached hydrogen (secondary N) is 1. The molecule has 1 N–H and O–H groups in total. The van der Waals surface area contributed by atoms with Crippen molar-refractivity contribution in [1.82, 2.24) is 10.3 Å². The molecule has 1 unspecified atom stereocenters. The number of nitrogens with zero attached hydrogens (tertiary/aromatic N) is 2. The summed E-state index contributed by atoms with van der Waals surface area (Å²) < 4.78 is 5.46. The van der Waals surface area contributed by atoms with E-state index in [1.165, 1.54) is 44.1 Å². The maximum absolute atomic E-state index is 5.46. The Labute approximate surface area is 140 Å². The van der Waals surface area contributed by atoms with Crippen LogP contribution in [0, 0.1) is 5.92 Å². The summed E-state index contributed by atoms with van der Waals surface area (Å²) in [5.41, 5.74) is 1.35. The molecule has 0 amide bonds. The number of aromatic nitrogens is 1. The van der Waals surface area contributed by atoms with E-state index in [0.717, 1.165) is 44.6 Å². The van der Waals surface area contributed by atoms with E-state index in [-0.39, 0.29) is 0 Å². The maximum atomic E-state index is 5.46. The molecule has 0 aromatic carbocycles. The highest BCUT2D eigenvalue weighted by molar-refractivity contribution is 5.41. The Morgan fingerprint density at radius 3 is 2.70 bits per heavy atom. The summed E-state index contributed by atoms with van der Waals surface area (Å²) in [6.07, 6.45) is 9.65. The second-order valence-corrected chi connectivity index (χ2v) is 7.04. The van der Waals surface area contributed by atoms with Crippen molar-refractivity contribution in [2.75, 3.05) is 31.2 Å². The smallest absolute Gasteiger partial charge is 0.128 e. The summed E-state index contributed by atoms with van der Waals surface area (Å²) in [6.45, 7) is 7.40. The molecule has 23 heavy (non-hydrogen) atoms. The van der Waals surface area contributed by atoms with Gasteiger partial charge in [0.2, 0.25) is 0 Å². The van der Waals surface area contributed by atoms with Crippen molar-refractivity contribution in [2.24, 2.45) is 5.92 Å². The van der Waals surface area contributed by atoms with Crippen LogP contribution in [0.25, 0.3) is 0 Å². The second-order valence-electron chi connectivity index (χ2n) is 7.04. The van der Waals surface area contributed by atoms with Crippen molar-refractivity contribution < 1.29 is 4.74 Å². The molecule has 0 aliphatic carbocycles. The van der Waals surface area contributed by atoms with Gasteiger partial charge in [0.25, 0.3) is 0 Å². The zero-order valence-corrected chi connectivity index (χ0v) is 14.5. The van der Waals surface area contributed by atoms with Gasteiger partial charge in [0.05, 0.1) is 0 Å². The molecule has 128 valence electrons. The van der Waals surface area contributed by atoms with Gasteiger partial charge in [-0.15, -0.1) is 0 Å². The zero-order valence-electron chi connectivity index (χ0n) is 14.5. The molecule has 2 fully saturated rings. The Bertz CT molecular complexity index is 465. The molecule has 0 radical (unpaired) electrons. The van der Waals surface area contributed by atoms with Crippen molar-refractivity contribution in [3.8, 4) is 0 Å². The van der Waals surface area contributed by atoms with Gasteiger partial charge in [-0.3, -0.25) is 0 Å². The Kier molecular flexibility index (Phi) is 6.29. The van der Waals surface area contributed by atoms with E-state index in [0.29, 0.717) is 6.04 Å². The van der Waals surface area contributed by atoms with Gasteiger partial charge in [-0.05, 0) is 56.2 Å². The first-order valence-corrected chi connectivity index (χ1v) is 9.34. The lowest BCUT2D eigenvalue weighted by molar-refractivity contribution is 0.0558. The van der Waals surface area contributed by atoms with E-state index < -0.39 is 0 Å². The lowest BCUT2D eigenvalue weighted by Crippen LogP contribution is -2.36. The molecule has 3 rings (SSSR count). The van der Waals surface area contributed by atoms with E-state index in [4.69, 9.17) is 4.74 Å². The third-order valence-corrected chi connectivity index (χ3v) is 5.34. The van der Waals surface area contributed by atoms with Gasteiger partial charge in [-0.2, -0.15) is 0 Å². The van der Waals surface area contributed by atoms with Crippen LogP contribution in [-0.2, 0) is 11.3 Å². The Hall–Kier alpha value is -1.13. The topological polar surface area (TPSA) is 37.4 Å². The quantitative estimate of drug-likeness (QED) is 0.903. The van der Waals surface area contributed by atoms with E-state index >= 15 is 0 Å². The summed E-state index contributed by atoms with van der Waals surface area (Å²) in [6, 6.07) is 4.97. The molecule has 2 aliphatic rings. The fourth-order valence-corrected chi connectivity index (χ4v) is 3.70. The van der Waals surface area contributed by atoms with Crippen LogP contribution in [0.2, 0.25) is 0 Å². The second kappa shape index (κ2) is 8.65. The first-order valence-electron chi connectivity index (χ1n) is 9.34. The SMILES string of the molecule is CC(NCc1ccnc(N2CCCCCC2)c1)C1CCOCC1. The lowest BCUT2D eigenvalue weighted by Gasteiger charge is -2.28. The lowest BCUT2D eigenvalue weighted by atomic mass is 9.93. The Morgan fingerprint density at radius 1 is 1.22 bits per heavy atom. The van der Waals surface area contributed by atoms with Crippen LogP contribution in [-0.4, -0.2) is 37.3 Å². The van der Waals surface area contributed by atoms with Crippen LogP contribution in [0.1, 0.15) is 51.0 Å². The summed E-state index contributed by atoms with van der Waals surface area (Å²) >= 11 is 0. The third kappa shape index (κ3) is 4.92. The standard InChI is InChI=1S/C19H31N3O/c1-16(18-7-12-23-13-8-18)21-15-17-6-9-20-19(14-17)22-10-4-2-3-5-11-22/h6,9,14,16,18,21H,2-5,7-8,10-13,15H2,1H3. The minimum atomic E-state index is 0.550. The minimum Gasteiger partial charge on any atom is -0.381 e. The van der Waals surface area contributed by atoms with Crippen LogP contribution in [0.4, 0.5) is 5.82 Å². The molecule has 0 bridgehead atoms. The molecule has 2 saturated heterocycles. The molecule has 0 spiro atoms. The van der Waals surface area contributed by atoms with Gasteiger partial charge in [-0.1, -0.05) is 12.8 Å². The largest absolute Gasteiger partial charge is 0.381 e. The highest BCUT2D eigenvalue weighted by Crippen LogP contribution is 2.20. The average Bonchev–Trinajstić information content (AvgIpc) is 2.90. The summed E-state index contributed by atoms with van der Waals surface area (Å²) in [4.78, 5) is 7.06. The van der Waals surface area contributed by atoms with Gasteiger partial charge < -0.3 is 15.0 Å². The molecule has 1 aromatic heterocycles. The third-order valence-electron chi connectivity index (χ3n) is 5.34. The normalized spacial score (nSPS) is 21.9. The summed E-state index contributed by atoms with van der Waals surface area (Å²) in [7, 11) is 0. The summed E-state index contributed by atoms with van der Waals surface area (Å²) in [5.74, 6) is 1.90. The van der Waals surface area contributed by atoms with Gasteiger partial charge >= 0.3 is 0 Å². The fourth-order valence-electron chi connectivity index (χ4n) is 3.70. The molecule has 2 aliphatic heterocycles. The Morgan fingerprint density at radius 2 is 1.96 bits per heavy atom. The van der Waals surface area contributed by atoms with E-state index in [1.54, 1.807) is 0 Å². The number of ether oxygens (including phenoxy) is 1. The number of anilines is 1. The van der Waals surface area contributed by atoms with Crippen molar-refractivity contribution in [2.45, 2.75) is 58.0 Å². The fraction of sp³-hybridized carbons (Fsp3) is 0.737. The average molecular weight is 317 g/mol. The molecular weight excluding hydrogens is 286 g/mol. The van der Waals surface area contributed by atoms with Crippen LogP contribution in [0.15, 0.2) is 18.3 Å². The van der Waals surface area contributed by atoms with E-state index in [2.05, 4.69) is 34.3 Å². The minimum absolute atomic E-state index is 0.550. The molecule has 1 aromatic rings. The molecule has 4 heteroatoms. The van der Waals surface area contributed by atoms with Crippen LogP contribution in [0.5, 0.6) is 0 Å². The van der Waals surface area contributed by atoms with Gasteiger partial charge in [0.1, 0.15) is 5.82 Å². The number of hydrogen-bond donors (Lipinski definition) is 1. The maximum Gasteiger partial charge on any atom is 0.128 e. The first kappa shape index (κ1) is 16.7. The number of hydrogen-bond acceptors (Lipinski definition) is 4. The monoisotopic (exact) mass is 317 g/mol. The van der Waals surface area contributed by atoms with Crippen molar-refractivity contribution in [3.63, 3.8) is 0 Å². The highest BCUT2D eigenvalue weighted by Gasteiger charge is 2.20. The first-order chi connectivity index (χ1) is 11.3. The van der Waals surface area contributed by atoms with Gasteiger partial charge in [0.15, 0.2) is 0 Å². The molecule has 3 heterocycles. The van der Waals surface area contributed by atoms with Crippen molar-refractivity contribution >= 4 is 5.82 Å². The summed E-state index contributed by atoms with van der Waals surface area (Å²) in [5, 5.41) is 3.71. The molecule has 4 nitrogen and oxygen atoms in total. The van der Waals surface area contributed by atoms with Gasteiger partial charge in [-0.25, -0.2) is 4.98 Å². The van der Waals surface area contributed by atoms with Crippen molar-refractivity contribution in [3.05, 3.63) is 23.9 Å². The Balaban J connectivity index is 1.54. The van der Waals surface area contributed by atoms with E-state index in [9.17, 15) is 0 Å². The number of pyridine rings is 1. The predicted octanol–water partition coefficient (Wildman–Crippen LogP) is 3.37. The predicted molar refractivity (Wildman–Crippen MR) is 94.8 cm³/mol. The zero-order chi connectivity index (χ0) is 15.9. The molecule has 0 saturated carbocycles. The molecular formula is C19H31N3O. The molecule has 1 atom stereocenters. The number of rotatable bonds is 5. The van der Waals surface area contributed by atoms with Crippen LogP contribution < -0.4 is 10.2 Å². The van der Waals surface area contributed by atoms with Gasteiger partial charge in [0, 0.05) is 45.1 Å².